The maximum Gasteiger partial charge on any atom is 0.190 e. The standard InChI is InChI=1S/C21H27NO5/c1-19-7-5-13(22-27)9-12(19)3-4-14-15-6-8-21(26,17(25)11-23)20(15,2)10-16(24)18(14)19/h5,7,9,14-15,18,23,26-27H,3-4,6,8,10-11H2,1-2H3/b22-13+/t14-,15-,18+,19-,20-,21-/m0/s1. The molecule has 0 bridgehead atoms. The molecule has 4 aliphatic rings. The summed E-state index contributed by atoms with van der Waals surface area (Å²) in [5, 5.41) is 32.9. The molecule has 0 spiro atoms. The smallest absolute Gasteiger partial charge is 0.190 e. The molecular formula is C21H27NO5. The van der Waals surface area contributed by atoms with Gasteiger partial charge in [0, 0.05) is 23.2 Å². The number of fused-ring (bicyclic) bond motifs is 5. The van der Waals surface area contributed by atoms with Crippen molar-refractivity contribution >= 4 is 17.3 Å². The van der Waals surface area contributed by atoms with Gasteiger partial charge in [0.05, 0.1) is 0 Å². The second kappa shape index (κ2) is 5.85. The molecule has 3 fully saturated rings. The van der Waals surface area contributed by atoms with E-state index in [0.29, 0.717) is 18.6 Å². The van der Waals surface area contributed by atoms with E-state index in [0.717, 1.165) is 18.4 Å². The lowest BCUT2D eigenvalue weighted by molar-refractivity contribution is -0.168. The van der Waals surface area contributed by atoms with E-state index >= 15 is 0 Å². The Morgan fingerprint density at radius 3 is 2.74 bits per heavy atom. The van der Waals surface area contributed by atoms with Gasteiger partial charge in [-0.3, -0.25) is 9.59 Å². The van der Waals surface area contributed by atoms with Crippen molar-refractivity contribution in [3.8, 4) is 0 Å². The fourth-order valence-electron chi connectivity index (χ4n) is 6.69. The molecule has 4 aliphatic carbocycles. The van der Waals surface area contributed by atoms with Crippen LogP contribution in [0.25, 0.3) is 0 Å². The normalized spacial score (nSPS) is 47.3. The third kappa shape index (κ3) is 2.23. The third-order valence-electron chi connectivity index (χ3n) is 8.14. The molecule has 6 nitrogen and oxygen atoms in total. The average molecular weight is 373 g/mol. The first-order chi connectivity index (χ1) is 12.7. The minimum atomic E-state index is -1.62. The SMILES string of the molecule is C[C@]12C=C/C(=N\O)C=C1CC[C@@H]1[C@@H]2C(=O)C[C@@]2(C)[C@H]1CC[C@]2(O)C(=O)CO. The van der Waals surface area contributed by atoms with Crippen LogP contribution < -0.4 is 0 Å². The lowest BCUT2D eigenvalue weighted by atomic mass is 9.46. The van der Waals surface area contributed by atoms with Crippen LogP contribution in [0.15, 0.2) is 29.0 Å². The van der Waals surface area contributed by atoms with Crippen molar-refractivity contribution in [3.63, 3.8) is 0 Å². The lowest BCUT2D eigenvalue weighted by Crippen LogP contribution is -2.60. The topological polar surface area (TPSA) is 107 Å². The molecule has 0 unspecified atom stereocenters. The Morgan fingerprint density at radius 1 is 1.33 bits per heavy atom. The monoisotopic (exact) mass is 373 g/mol. The van der Waals surface area contributed by atoms with Gasteiger partial charge in [-0.05, 0) is 49.7 Å². The molecule has 4 rings (SSSR count). The molecule has 27 heavy (non-hydrogen) atoms. The summed E-state index contributed by atoms with van der Waals surface area (Å²) < 4.78 is 0. The van der Waals surface area contributed by atoms with Crippen molar-refractivity contribution in [1.29, 1.82) is 0 Å². The van der Waals surface area contributed by atoms with E-state index in [1.165, 1.54) is 0 Å². The largest absolute Gasteiger partial charge is 0.410 e. The minimum absolute atomic E-state index is 0.0698. The number of allylic oxidation sites excluding steroid dienone is 4. The molecule has 0 aromatic heterocycles. The van der Waals surface area contributed by atoms with Gasteiger partial charge in [0.2, 0.25) is 0 Å². The summed E-state index contributed by atoms with van der Waals surface area (Å²) in [7, 11) is 0. The number of nitrogens with zero attached hydrogens (tertiary/aromatic N) is 1. The van der Waals surface area contributed by atoms with Gasteiger partial charge in [-0.25, -0.2) is 0 Å². The van der Waals surface area contributed by atoms with Crippen molar-refractivity contribution in [2.75, 3.05) is 6.61 Å². The quantitative estimate of drug-likeness (QED) is 0.507. The Labute approximate surface area is 158 Å². The van der Waals surface area contributed by atoms with Crippen LogP contribution in [0.1, 0.15) is 46.0 Å². The van der Waals surface area contributed by atoms with Crippen molar-refractivity contribution in [1.82, 2.24) is 0 Å². The summed E-state index contributed by atoms with van der Waals surface area (Å²) in [5.41, 5.74) is -1.26. The van der Waals surface area contributed by atoms with E-state index in [4.69, 9.17) is 5.21 Å². The predicted octanol–water partition coefficient (Wildman–Crippen LogP) is 2.03. The van der Waals surface area contributed by atoms with Gasteiger partial charge in [-0.2, -0.15) is 0 Å². The maximum atomic E-state index is 13.4. The van der Waals surface area contributed by atoms with Crippen molar-refractivity contribution in [2.45, 2.75) is 51.6 Å². The first-order valence-corrected chi connectivity index (χ1v) is 9.73. The number of ketones is 2. The molecule has 0 aromatic carbocycles. The zero-order chi connectivity index (χ0) is 19.6. The molecule has 0 heterocycles. The van der Waals surface area contributed by atoms with Gasteiger partial charge in [-0.15, -0.1) is 0 Å². The molecular weight excluding hydrogens is 346 g/mol. The van der Waals surface area contributed by atoms with E-state index in [2.05, 4.69) is 12.1 Å². The number of hydrogen-bond acceptors (Lipinski definition) is 6. The molecule has 0 aliphatic heterocycles. The highest BCUT2D eigenvalue weighted by Crippen LogP contribution is 2.66. The molecule has 6 atom stereocenters. The second-order valence-corrected chi connectivity index (χ2v) is 9.14. The molecule has 3 N–H and O–H groups in total. The van der Waals surface area contributed by atoms with Crippen LogP contribution in [-0.4, -0.2) is 44.9 Å². The van der Waals surface area contributed by atoms with Crippen molar-refractivity contribution < 1.29 is 25.0 Å². The number of aliphatic hydroxyl groups is 2. The van der Waals surface area contributed by atoms with Crippen LogP contribution in [0.4, 0.5) is 0 Å². The molecule has 3 saturated carbocycles. The zero-order valence-electron chi connectivity index (χ0n) is 15.8. The Kier molecular flexibility index (Phi) is 4.02. The number of Topliss-reactive ketones (excluding diaryl/α,β-unsaturated/α-hetero) is 2. The molecule has 0 aromatic rings. The maximum absolute atomic E-state index is 13.4. The molecule has 146 valence electrons. The molecule has 6 heteroatoms. The van der Waals surface area contributed by atoms with Crippen LogP contribution in [-0.2, 0) is 9.59 Å². The Bertz CT molecular complexity index is 798. The van der Waals surface area contributed by atoms with E-state index in [9.17, 15) is 19.8 Å². The lowest BCUT2D eigenvalue weighted by Gasteiger charge is -2.56. The van der Waals surface area contributed by atoms with Gasteiger partial charge in [0.25, 0.3) is 0 Å². The van der Waals surface area contributed by atoms with Gasteiger partial charge in [0.1, 0.15) is 23.7 Å². The Morgan fingerprint density at radius 2 is 2.07 bits per heavy atom. The van der Waals surface area contributed by atoms with Crippen LogP contribution in [0.2, 0.25) is 0 Å². The van der Waals surface area contributed by atoms with Gasteiger partial charge >= 0.3 is 0 Å². The number of rotatable bonds is 2. The van der Waals surface area contributed by atoms with Gasteiger partial charge in [-0.1, -0.05) is 30.7 Å². The third-order valence-corrected chi connectivity index (χ3v) is 8.14. The highest BCUT2D eigenvalue weighted by Gasteiger charge is 2.68. The zero-order valence-corrected chi connectivity index (χ0v) is 15.8. The number of aliphatic hydroxyl groups excluding tert-OH is 1. The van der Waals surface area contributed by atoms with E-state index in [1.54, 1.807) is 6.08 Å². The van der Waals surface area contributed by atoms with E-state index < -0.39 is 28.8 Å². The van der Waals surface area contributed by atoms with Crippen LogP contribution in [0.5, 0.6) is 0 Å². The van der Waals surface area contributed by atoms with E-state index in [-0.39, 0.29) is 30.0 Å². The van der Waals surface area contributed by atoms with Crippen LogP contribution in [0.3, 0.4) is 0 Å². The first kappa shape index (κ1) is 18.6. The summed E-state index contributed by atoms with van der Waals surface area (Å²) in [4.78, 5) is 25.7. The van der Waals surface area contributed by atoms with Crippen LogP contribution in [0, 0.1) is 28.6 Å². The van der Waals surface area contributed by atoms with Crippen molar-refractivity contribution in [3.05, 3.63) is 23.8 Å². The number of carbonyl (C=O) groups excluding carboxylic acids is 2. The molecule has 0 radical (unpaired) electrons. The summed E-state index contributed by atoms with van der Waals surface area (Å²) in [6.45, 7) is 3.23. The highest BCUT2D eigenvalue weighted by molar-refractivity contribution is 6.05. The highest BCUT2D eigenvalue weighted by atomic mass is 16.4. The van der Waals surface area contributed by atoms with Gasteiger partial charge < -0.3 is 15.4 Å². The van der Waals surface area contributed by atoms with Crippen LogP contribution >= 0.6 is 0 Å². The fraction of sp³-hybridized carbons (Fsp3) is 0.667. The summed E-state index contributed by atoms with van der Waals surface area (Å²) in [6.07, 6.45) is 8.37. The fourth-order valence-corrected chi connectivity index (χ4v) is 6.69. The van der Waals surface area contributed by atoms with Crippen molar-refractivity contribution in [2.24, 2.45) is 33.7 Å². The summed E-state index contributed by atoms with van der Waals surface area (Å²) in [5.74, 6) is -0.523. The molecule has 0 amide bonds. The summed E-state index contributed by atoms with van der Waals surface area (Å²) >= 11 is 0. The number of hydrogen-bond donors (Lipinski definition) is 3. The number of oxime groups is 1. The van der Waals surface area contributed by atoms with Gasteiger partial charge in [0.15, 0.2) is 5.78 Å². The minimum Gasteiger partial charge on any atom is -0.410 e. The Balaban J connectivity index is 1.75. The Hall–Kier alpha value is -1.79. The second-order valence-electron chi connectivity index (χ2n) is 9.14. The van der Waals surface area contributed by atoms with E-state index in [1.807, 2.05) is 19.1 Å². The molecule has 0 saturated heterocycles. The number of carbonyl (C=O) groups is 2. The first-order valence-electron chi connectivity index (χ1n) is 9.73. The average Bonchev–Trinajstić information content (AvgIpc) is 2.91. The predicted molar refractivity (Wildman–Crippen MR) is 98.3 cm³/mol. The summed E-state index contributed by atoms with van der Waals surface area (Å²) in [6, 6.07) is 0.